The molecule has 1 N–H and O–H groups in total. The number of rotatable bonds is 5. The summed E-state index contributed by atoms with van der Waals surface area (Å²) in [5.74, 6) is -0.729. The van der Waals surface area contributed by atoms with Crippen molar-refractivity contribution in [3.63, 3.8) is 0 Å². The summed E-state index contributed by atoms with van der Waals surface area (Å²) in [5, 5.41) is 39.9. The zero-order valence-electron chi connectivity index (χ0n) is 11.9. The van der Waals surface area contributed by atoms with Gasteiger partial charge in [0.25, 0.3) is 5.69 Å². The number of esters is 1. The number of allylic oxidation sites excluding steroid dienone is 2. The van der Waals surface area contributed by atoms with Gasteiger partial charge in [-0.05, 0) is 19.1 Å². The number of benzene rings is 1. The summed E-state index contributed by atoms with van der Waals surface area (Å²) in [5.41, 5.74) is -1.62. The number of nitriles is 3. The maximum absolute atomic E-state index is 11.6. The van der Waals surface area contributed by atoms with Crippen molar-refractivity contribution in [1.82, 2.24) is 0 Å². The number of nitrogens with zero attached hydrogens (tertiary/aromatic N) is 4. The predicted molar refractivity (Wildman–Crippen MR) is 76.5 cm³/mol. The smallest absolute Gasteiger partial charge is 0.338 e. The highest BCUT2D eigenvalue weighted by atomic mass is 16.6. The van der Waals surface area contributed by atoms with Crippen molar-refractivity contribution < 1.29 is 14.5 Å². The summed E-state index contributed by atoms with van der Waals surface area (Å²) >= 11 is 0. The molecule has 0 aliphatic rings. The van der Waals surface area contributed by atoms with Crippen LogP contribution in [-0.2, 0) is 4.74 Å². The topological polar surface area (TPSA) is 153 Å². The van der Waals surface area contributed by atoms with Crippen molar-refractivity contribution >= 4 is 17.3 Å². The number of hydrogen-bond donors (Lipinski definition) is 1. The second-order valence-corrected chi connectivity index (χ2v) is 3.92. The molecule has 0 aromatic heterocycles. The fourth-order valence-electron chi connectivity index (χ4n) is 1.55. The lowest BCUT2D eigenvalue weighted by Crippen LogP contribution is -2.08. The molecule has 0 saturated carbocycles. The lowest BCUT2D eigenvalue weighted by molar-refractivity contribution is -0.384. The molecule has 0 spiro atoms. The molecule has 0 aliphatic heterocycles. The van der Waals surface area contributed by atoms with E-state index in [1.54, 1.807) is 13.0 Å². The molecule has 1 aromatic carbocycles. The lowest BCUT2D eigenvalue weighted by Gasteiger charge is -2.07. The molecular formula is C14H9N5O4. The van der Waals surface area contributed by atoms with Gasteiger partial charge in [0.15, 0.2) is 5.57 Å². The maximum Gasteiger partial charge on any atom is 0.338 e. The van der Waals surface area contributed by atoms with Gasteiger partial charge >= 0.3 is 5.97 Å². The van der Waals surface area contributed by atoms with Crippen LogP contribution in [0.4, 0.5) is 11.4 Å². The molecule has 0 atom stereocenters. The van der Waals surface area contributed by atoms with Crippen molar-refractivity contribution in [3.8, 4) is 18.2 Å². The maximum atomic E-state index is 11.6. The summed E-state index contributed by atoms with van der Waals surface area (Å²) in [7, 11) is 0. The quantitative estimate of drug-likeness (QED) is 0.375. The Morgan fingerprint density at radius 1 is 1.30 bits per heavy atom. The third-order valence-electron chi connectivity index (χ3n) is 2.55. The number of anilines is 1. The standard InChI is InChI=1S/C14H9N5O4/c1-2-23-14(20)9-3-4-11(13(5-9)19(21)22)18-12(8-17)10(6-15)7-16/h3-5,18H,2H2,1H3. The number of nitro groups is 1. The molecule has 0 amide bonds. The first-order chi connectivity index (χ1) is 11.0. The first kappa shape index (κ1) is 17.2. The Balaban J connectivity index is 3.34. The summed E-state index contributed by atoms with van der Waals surface area (Å²) in [4.78, 5) is 21.9. The number of carbonyl (C=O) groups excluding carboxylic acids is 1. The van der Waals surface area contributed by atoms with Gasteiger partial charge in [-0.3, -0.25) is 10.1 Å². The number of hydrogen-bond acceptors (Lipinski definition) is 8. The second-order valence-electron chi connectivity index (χ2n) is 3.92. The Bertz CT molecular complexity index is 792. The Morgan fingerprint density at radius 2 is 1.96 bits per heavy atom. The van der Waals surface area contributed by atoms with Crippen LogP contribution < -0.4 is 5.32 Å². The van der Waals surface area contributed by atoms with E-state index >= 15 is 0 Å². The van der Waals surface area contributed by atoms with Gasteiger partial charge in [0.2, 0.25) is 0 Å². The molecular weight excluding hydrogens is 302 g/mol. The minimum absolute atomic E-state index is 0.0348. The third-order valence-corrected chi connectivity index (χ3v) is 2.55. The molecule has 0 aliphatic carbocycles. The Morgan fingerprint density at radius 3 is 2.43 bits per heavy atom. The molecule has 0 saturated heterocycles. The average Bonchev–Trinajstić information content (AvgIpc) is 2.55. The molecule has 0 heterocycles. The van der Waals surface area contributed by atoms with Crippen LogP contribution in [0.25, 0.3) is 0 Å². The van der Waals surface area contributed by atoms with Gasteiger partial charge in [0.1, 0.15) is 29.6 Å². The highest BCUT2D eigenvalue weighted by molar-refractivity contribution is 5.91. The van der Waals surface area contributed by atoms with E-state index in [0.717, 1.165) is 6.07 Å². The van der Waals surface area contributed by atoms with Gasteiger partial charge in [-0.1, -0.05) is 0 Å². The number of carbonyl (C=O) groups is 1. The first-order valence-electron chi connectivity index (χ1n) is 6.15. The van der Waals surface area contributed by atoms with Gasteiger partial charge in [-0.2, -0.15) is 15.8 Å². The highest BCUT2D eigenvalue weighted by Crippen LogP contribution is 2.27. The van der Waals surface area contributed by atoms with Crippen LogP contribution in [-0.4, -0.2) is 17.5 Å². The van der Waals surface area contributed by atoms with E-state index < -0.39 is 27.9 Å². The molecule has 9 nitrogen and oxygen atoms in total. The molecule has 23 heavy (non-hydrogen) atoms. The van der Waals surface area contributed by atoms with Gasteiger partial charge < -0.3 is 10.1 Å². The van der Waals surface area contributed by atoms with Gasteiger partial charge in [-0.25, -0.2) is 4.79 Å². The Labute approximate surface area is 130 Å². The SMILES string of the molecule is CCOC(=O)c1ccc(NC(C#N)=C(C#N)C#N)c([N+](=O)[O-])c1. The molecule has 1 aromatic rings. The van der Waals surface area contributed by atoms with Crippen LogP contribution in [0.3, 0.4) is 0 Å². The molecule has 9 heteroatoms. The highest BCUT2D eigenvalue weighted by Gasteiger charge is 2.20. The fourth-order valence-corrected chi connectivity index (χ4v) is 1.55. The summed E-state index contributed by atoms with van der Waals surface area (Å²) < 4.78 is 4.75. The largest absolute Gasteiger partial charge is 0.462 e. The van der Waals surface area contributed by atoms with E-state index in [2.05, 4.69) is 5.32 Å². The average molecular weight is 311 g/mol. The summed E-state index contributed by atoms with van der Waals surface area (Å²) in [6, 6.07) is 8.03. The predicted octanol–water partition coefficient (Wildman–Crippen LogP) is 2.01. The van der Waals surface area contributed by atoms with Crippen LogP contribution in [0.1, 0.15) is 17.3 Å². The van der Waals surface area contributed by atoms with E-state index in [9.17, 15) is 14.9 Å². The Hall–Kier alpha value is -3.90. The van der Waals surface area contributed by atoms with Crippen LogP contribution in [0.2, 0.25) is 0 Å². The van der Waals surface area contributed by atoms with Crippen LogP contribution in [0.15, 0.2) is 29.5 Å². The summed E-state index contributed by atoms with van der Waals surface area (Å²) in [6.07, 6.45) is 0. The zero-order valence-corrected chi connectivity index (χ0v) is 11.9. The number of nitrogens with one attached hydrogen (secondary N) is 1. The second kappa shape index (κ2) is 7.77. The van der Waals surface area contributed by atoms with E-state index in [1.807, 2.05) is 0 Å². The Kier molecular flexibility index (Phi) is 5.79. The first-order valence-corrected chi connectivity index (χ1v) is 6.15. The van der Waals surface area contributed by atoms with Crippen molar-refractivity contribution in [3.05, 3.63) is 45.1 Å². The van der Waals surface area contributed by atoms with Crippen LogP contribution in [0, 0.1) is 44.1 Å². The minimum atomic E-state index is -0.765. The van der Waals surface area contributed by atoms with Gasteiger partial charge in [0, 0.05) is 6.07 Å². The van der Waals surface area contributed by atoms with Gasteiger partial charge in [-0.15, -0.1) is 0 Å². The summed E-state index contributed by atoms with van der Waals surface area (Å²) in [6.45, 7) is 1.71. The van der Waals surface area contributed by atoms with Crippen molar-refractivity contribution in [1.29, 1.82) is 15.8 Å². The molecule has 0 bridgehead atoms. The zero-order chi connectivity index (χ0) is 17.4. The third kappa shape index (κ3) is 4.03. The number of ether oxygens (including phenoxy) is 1. The molecule has 114 valence electrons. The van der Waals surface area contributed by atoms with Crippen molar-refractivity contribution in [2.75, 3.05) is 11.9 Å². The lowest BCUT2D eigenvalue weighted by atomic mass is 10.1. The molecule has 0 unspecified atom stereocenters. The van der Waals surface area contributed by atoms with E-state index in [1.165, 1.54) is 24.3 Å². The molecule has 0 fully saturated rings. The number of nitro benzene ring substituents is 1. The molecule has 0 radical (unpaired) electrons. The van der Waals surface area contributed by atoms with Crippen LogP contribution in [0.5, 0.6) is 0 Å². The minimum Gasteiger partial charge on any atom is -0.462 e. The molecule has 1 rings (SSSR count). The van der Waals surface area contributed by atoms with E-state index in [4.69, 9.17) is 20.5 Å². The fraction of sp³-hybridized carbons (Fsp3) is 0.143. The van der Waals surface area contributed by atoms with Crippen LogP contribution >= 0.6 is 0 Å². The normalized spacial score (nSPS) is 8.78. The van der Waals surface area contributed by atoms with Crippen molar-refractivity contribution in [2.45, 2.75) is 6.92 Å². The van der Waals surface area contributed by atoms with E-state index in [-0.39, 0.29) is 17.9 Å². The monoisotopic (exact) mass is 311 g/mol. The van der Waals surface area contributed by atoms with E-state index in [0.29, 0.717) is 0 Å². The van der Waals surface area contributed by atoms with Crippen molar-refractivity contribution in [2.24, 2.45) is 0 Å². The van der Waals surface area contributed by atoms with Gasteiger partial charge in [0.05, 0.1) is 17.1 Å².